The van der Waals surface area contributed by atoms with Crippen LogP contribution in [0, 0.1) is 31.3 Å². The summed E-state index contributed by atoms with van der Waals surface area (Å²) in [6.07, 6.45) is 2.39. The number of aryl methyl sites for hydroxylation is 1. The third-order valence-corrected chi connectivity index (χ3v) is 6.94. The number of carbonyl (C=O) groups is 2. The Morgan fingerprint density at radius 3 is 2.56 bits per heavy atom. The topological polar surface area (TPSA) is 125 Å². The van der Waals surface area contributed by atoms with Gasteiger partial charge in [0.05, 0.1) is 44.0 Å². The number of amides is 3. The van der Waals surface area contributed by atoms with Crippen molar-refractivity contribution in [2.24, 2.45) is 5.10 Å². The quantitative estimate of drug-likeness (QED) is 0.428. The zero-order valence-corrected chi connectivity index (χ0v) is 22.4. The fraction of sp³-hybridized carbons (Fsp3) is 0.370. The summed E-state index contributed by atoms with van der Waals surface area (Å²) < 4.78 is 49.4. The van der Waals surface area contributed by atoms with Crippen LogP contribution >= 0.6 is 0 Å². The van der Waals surface area contributed by atoms with Crippen LogP contribution in [-0.4, -0.2) is 80.3 Å². The highest BCUT2D eigenvalue weighted by atomic mass is 19.1. The van der Waals surface area contributed by atoms with Crippen LogP contribution in [0.2, 0.25) is 0 Å². The number of likely N-dealkylation sites (tertiary alicyclic amines) is 1. The predicted molar refractivity (Wildman–Crippen MR) is 140 cm³/mol. The predicted octanol–water partition coefficient (Wildman–Crippen LogP) is 2.57. The lowest BCUT2D eigenvalue weighted by molar-refractivity contribution is -0.120. The Balaban J connectivity index is 1.24. The van der Waals surface area contributed by atoms with E-state index >= 15 is 0 Å². The van der Waals surface area contributed by atoms with E-state index in [0.717, 1.165) is 12.3 Å². The first-order chi connectivity index (χ1) is 19.6. The van der Waals surface area contributed by atoms with Crippen molar-refractivity contribution in [1.29, 1.82) is 0 Å². The molecule has 1 saturated heterocycles. The number of hydrogen-bond acceptors (Lipinski definition) is 7. The van der Waals surface area contributed by atoms with E-state index in [1.165, 1.54) is 39.0 Å². The maximum atomic E-state index is 14.6. The summed E-state index contributed by atoms with van der Waals surface area (Å²) in [5.41, 5.74) is 2.23. The van der Waals surface area contributed by atoms with Gasteiger partial charge in [-0.05, 0) is 31.5 Å². The first-order valence-corrected chi connectivity index (χ1v) is 13.0. The number of aromatic nitrogens is 3. The molecule has 0 bridgehead atoms. The monoisotopic (exact) mass is 571 g/mol. The Kier molecular flexibility index (Phi) is 7.92. The molecule has 0 unspecified atom stereocenters. The number of nitrogens with zero attached hydrogens (tertiary/aromatic N) is 6. The van der Waals surface area contributed by atoms with Gasteiger partial charge in [-0.2, -0.15) is 10.2 Å². The summed E-state index contributed by atoms with van der Waals surface area (Å²) in [7, 11) is 0. The Morgan fingerprint density at radius 1 is 1.12 bits per heavy atom. The number of aliphatic hydroxyl groups excluding tert-OH is 1. The van der Waals surface area contributed by atoms with Gasteiger partial charge in [0, 0.05) is 42.6 Å². The third kappa shape index (κ3) is 5.87. The summed E-state index contributed by atoms with van der Waals surface area (Å²) in [6, 6.07) is 3.41. The largest absolute Gasteiger partial charge is 0.483 e. The second kappa shape index (κ2) is 11.6. The molecule has 0 radical (unpaired) electrons. The third-order valence-electron chi connectivity index (χ3n) is 6.94. The van der Waals surface area contributed by atoms with Crippen molar-refractivity contribution in [2.75, 3.05) is 26.2 Å². The van der Waals surface area contributed by atoms with Crippen molar-refractivity contribution >= 4 is 18.2 Å². The number of pyridine rings is 1. The van der Waals surface area contributed by atoms with E-state index in [-0.39, 0.29) is 50.1 Å². The van der Waals surface area contributed by atoms with Gasteiger partial charge in [0.1, 0.15) is 17.7 Å². The number of nitrogens with one attached hydrogen (secondary N) is 1. The average molecular weight is 572 g/mol. The van der Waals surface area contributed by atoms with Crippen LogP contribution < -0.4 is 10.1 Å². The molecule has 0 spiro atoms. The number of urea groups is 1. The maximum Gasteiger partial charge on any atom is 0.341 e. The summed E-state index contributed by atoms with van der Waals surface area (Å²) in [6.45, 7) is 3.80. The van der Waals surface area contributed by atoms with E-state index < -0.39 is 35.6 Å². The molecular formula is C27H28F3N7O4. The minimum absolute atomic E-state index is 0.0598. The molecule has 4 heterocycles. The first kappa shape index (κ1) is 28.1. The van der Waals surface area contributed by atoms with Crippen LogP contribution in [-0.2, 0) is 11.2 Å². The highest BCUT2D eigenvalue weighted by Crippen LogP contribution is 2.32. The van der Waals surface area contributed by atoms with Crippen LogP contribution in [0.25, 0.3) is 5.82 Å². The molecule has 2 N–H and O–H groups in total. The molecule has 3 amide bonds. The Morgan fingerprint density at radius 2 is 1.85 bits per heavy atom. The number of rotatable bonds is 8. The summed E-state index contributed by atoms with van der Waals surface area (Å²) in [5, 5.41) is 21.2. The Bertz CT molecular complexity index is 1490. The van der Waals surface area contributed by atoms with Crippen LogP contribution in [0.5, 0.6) is 5.75 Å². The maximum absolute atomic E-state index is 14.6. The van der Waals surface area contributed by atoms with Gasteiger partial charge in [-0.1, -0.05) is 0 Å². The smallest absolute Gasteiger partial charge is 0.341 e. The number of ether oxygens (including phenoxy) is 1. The molecule has 2 aliphatic rings. The van der Waals surface area contributed by atoms with Crippen molar-refractivity contribution in [2.45, 2.75) is 38.8 Å². The molecule has 1 fully saturated rings. The first-order valence-electron chi connectivity index (χ1n) is 13.0. The lowest BCUT2D eigenvalue weighted by Crippen LogP contribution is -2.58. The number of aliphatic hydroxyl groups is 1. The lowest BCUT2D eigenvalue weighted by Gasteiger charge is -2.41. The van der Waals surface area contributed by atoms with E-state index in [9.17, 15) is 22.8 Å². The molecule has 216 valence electrons. The van der Waals surface area contributed by atoms with Crippen molar-refractivity contribution in [3.63, 3.8) is 0 Å². The minimum atomic E-state index is -0.740. The molecule has 2 aromatic heterocycles. The van der Waals surface area contributed by atoms with Gasteiger partial charge < -0.3 is 20.1 Å². The van der Waals surface area contributed by atoms with Crippen LogP contribution in [0.15, 0.2) is 35.6 Å². The lowest BCUT2D eigenvalue weighted by atomic mass is 10.0. The van der Waals surface area contributed by atoms with Crippen LogP contribution in [0.4, 0.5) is 18.0 Å². The number of benzene rings is 1. The van der Waals surface area contributed by atoms with Gasteiger partial charge in [0.25, 0.3) is 0 Å². The molecule has 3 aromatic rings. The van der Waals surface area contributed by atoms with Crippen molar-refractivity contribution < 1.29 is 32.6 Å². The highest BCUT2D eigenvalue weighted by Gasteiger charge is 2.39. The second-order valence-corrected chi connectivity index (χ2v) is 9.81. The highest BCUT2D eigenvalue weighted by molar-refractivity contribution is 5.79. The summed E-state index contributed by atoms with van der Waals surface area (Å²) >= 11 is 0. The van der Waals surface area contributed by atoms with Gasteiger partial charge in [0.15, 0.2) is 17.4 Å². The Hall–Kier alpha value is -4.46. The van der Waals surface area contributed by atoms with Crippen LogP contribution in [0.3, 0.4) is 0 Å². The number of hydrogen-bond donors (Lipinski definition) is 2. The normalized spacial score (nSPS) is 16.7. The second-order valence-electron chi connectivity index (χ2n) is 9.81. The number of halogens is 3. The molecule has 5 rings (SSSR count). The van der Waals surface area contributed by atoms with Crippen molar-refractivity contribution in [3.05, 3.63) is 70.4 Å². The van der Waals surface area contributed by atoms with Crippen molar-refractivity contribution in [3.8, 4) is 11.6 Å². The Labute approximate surface area is 233 Å². The molecule has 14 heteroatoms. The van der Waals surface area contributed by atoms with Gasteiger partial charge in [-0.15, -0.1) is 0 Å². The van der Waals surface area contributed by atoms with E-state index in [0.29, 0.717) is 28.9 Å². The molecule has 1 atom stereocenters. The zero-order chi connectivity index (χ0) is 29.3. The summed E-state index contributed by atoms with van der Waals surface area (Å²) in [4.78, 5) is 30.8. The van der Waals surface area contributed by atoms with Gasteiger partial charge >= 0.3 is 6.03 Å². The van der Waals surface area contributed by atoms with Gasteiger partial charge in [-0.3, -0.25) is 4.79 Å². The zero-order valence-electron chi connectivity index (χ0n) is 22.4. The van der Waals surface area contributed by atoms with E-state index in [2.05, 4.69) is 20.5 Å². The van der Waals surface area contributed by atoms with Gasteiger partial charge in [-0.25, -0.2) is 32.6 Å². The molecule has 2 aliphatic heterocycles. The standard InChI is InChI=1S/C27H28F3N7O4/c1-15-21(10-26(39)31-5-6-38)16(2)36(34-15)25-11-24(22(30)12-32-25)41-20-13-35(14-20)27(40)37-23(3-4-33-37)17-7-18(28)9-19(29)8-17/h4,7-9,11-12,20,23,38H,3,5-6,10,13-14H2,1-2H3,(H,31,39)/t23-/m0/s1. The fourth-order valence-electron chi connectivity index (χ4n) is 4.82. The molecular weight excluding hydrogens is 543 g/mol. The molecule has 11 nitrogen and oxygen atoms in total. The molecule has 1 aromatic carbocycles. The minimum Gasteiger partial charge on any atom is -0.483 e. The number of carbonyl (C=O) groups excluding carboxylic acids is 2. The molecule has 41 heavy (non-hydrogen) atoms. The van der Waals surface area contributed by atoms with E-state index in [4.69, 9.17) is 9.84 Å². The molecule has 0 aliphatic carbocycles. The average Bonchev–Trinajstić information content (AvgIpc) is 3.50. The van der Waals surface area contributed by atoms with E-state index in [1.807, 2.05) is 0 Å². The van der Waals surface area contributed by atoms with E-state index in [1.54, 1.807) is 13.8 Å². The fourth-order valence-corrected chi connectivity index (χ4v) is 4.82. The number of hydrazone groups is 1. The van der Waals surface area contributed by atoms with Crippen LogP contribution in [0.1, 0.15) is 35.0 Å². The van der Waals surface area contributed by atoms with Gasteiger partial charge in [0.2, 0.25) is 5.91 Å². The molecule has 0 saturated carbocycles. The SMILES string of the molecule is Cc1nn(-c2cc(OC3CN(C(=O)N4N=CC[C@H]4c4cc(F)cc(F)c4)C3)c(F)cn2)c(C)c1CC(=O)NCCO. The summed E-state index contributed by atoms with van der Waals surface area (Å²) in [5.74, 6) is -2.23. The van der Waals surface area contributed by atoms with Crippen molar-refractivity contribution in [1.82, 2.24) is 30.0 Å².